The van der Waals surface area contributed by atoms with Crippen LogP contribution in [0.15, 0.2) is 30.3 Å². The van der Waals surface area contributed by atoms with E-state index in [2.05, 4.69) is 4.90 Å². The summed E-state index contributed by atoms with van der Waals surface area (Å²) in [5.41, 5.74) is 0.995. The second-order valence-corrected chi connectivity index (χ2v) is 5.79. The Balaban J connectivity index is 1.56. The fourth-order valence-electron chi connectivity index (χ4n) is 3.54. The largest absolute Gasteiger partial charge is 0.393 e. The molecule has 98 valence electrons. The summed E-state index contributed by atoms with van der Waals surface area (Å²) in [5.74, 6) is 1.28. The maximum absolute atomic E-state index is 10.2. The lowest BCUT2D eigenvalue weighted by atomic mass is 10.0. The first-order valence-corrected chi connectivity index (χ1v) is 6.86. The average molecular weight is 247 g/mol. The maximum Gasteiger partial charge on any atom is 0.0916 e. The van der Waals surface area contributed by atoms with Crippen LogP contribution in [-0.4, -0.2) is 40.9 Å². The Morgan fingerprint density at radius 3 is 2.33 bits per heavy atom. The zero-order chi connectivity index (χ0) is 12.5. The third-order valence-electron chi connectivity index (χ3n) is 4.42. The molecule has 0 aromatic heterocycles. The van der Waals surface area contributed by atoms with Crippen LogP contribution in [0.2, 0.25) is 0 Å². The highest BCUT2D eigenvalue weighted by molar-refractivity contribution is 5.17. The minimum absolute atomic E-state index is 0.0822. The quantitative estimate of drug-likeness (QED) is 0.849. The molecule has 3 nitrogen and oxygen atoms in total. The van der Waals surface area contributed by atoms with E-state index in [-0.39, 0.29) is 6.10 Å². The number of hydrogen-bond donors (Lipinski definition) is 2. The number of β-amino-alcohol motifs (C(OH)–C–C–N with tert-alkyl or cyclic N) is 1. The Morgan fingerprint density at radius 1 is 1.11 bits per heavy atom. The number of rotatable bonds is 3. The summed E-state index contributed by atoms with van der Waals surface area (Å²) >= 11 is 0. The number of benzene rings is 1. The Morgan fingerprint density at radius 2 is 1.72 bits per heavy atom. The number of aliphatic hydroxyl groups excluding tert-OH is 2. The fraction of sp³-hybridized carbons (Fsp3) is 0.600. The first kappa shape index (κ1) is 12.2. The van der Waals surface area contributed by atoms with Crippen molar-refractivity contribution in [3.05, 3.63) is 35.9 Å². The Hall–Kier alpha value is -0.900. The van der Waals surface area contributed by atoms with Crippen LogP contribution >= 0.6 is 0 Å². The summed E-state index contributed by atoms with van der Waals surface area (Å²) in [6, 6.07) is 9.86. The molecule has 0 radical (unpaired) electrons. The van der Waals surface area contributed by atoms with Crippen molar-refractivity contribution in [2.45, 2.75) is 25.0 Å². The van der Waals surface area contributed by atoms with Crippen molar-refractivity contribution in [1.82, 2.24) is 4.90 Å². The Kier molecular flexibility index (Phi) is 3.37. The van der Waals surface area contributed by atoms with E-state index in [0.717, 1.165) is 31.5 Å². The molecular formula is C15H21NO2. The molecular weight excluding hydrogens is 226 g/mol. The molecule has 1 aliphatic carbocycles. The van der Waals surface area contributed by atoms with Gasteiger partial charge >= 0.3 is 0 Å². The molecule has 2 unspecified atom stereocenters. The zero-order valence-electron chi connectivity index (χ0n) is 10.6. The van der Waals surface area contributed by atoms with Gasteiger partial charge in [0.15, 0.2) is 0 Å². The van der Waals surface area contributed by atoms with E-state index < -0.39 is 6.10 Å². The minimum Gasteiger partial charge on any atom is -0.393 e. The third kappa shape index (κ3) is 2.44. The van der Waals surface area contributed by atoms with E-state index in [0.29, 0.717) is 18.4 Å². The molecule has 2 fully saturated rings. The van der Waals surface area contributed by atoms with Crippen LogP contribution in [-0.2, 0) is 0 Å². The molecule has 1 saturated carbocycles. The van der Waals surface area contributed by atoms with Crippen molar-refractivity contribution in [3.63, 3.8) is 0 Å². The lowest BCUT2D eigenvalue weighted by molar-refractivity contribution is 0.113. The van der Waals surface area contributed by atoms with E-state index in [4.69, 9.17) is 0 Å². The monoisotopic (exact) mass is 247 g/mol. The van der Waals surface area contributed by atoms with Crippen molar-refractivity contribution in [3.8, 4) is 0 Å². The van der Waals surface area contributed by atoms with Gasteiger partial charge in [-0.2, -0.15) is 0 Å². The van der Waals surface area contributed by atoms with Crippen LogP contribution in [0.4, 0.5) is 0 Å². The van der Waals surface area contributed by atoms with E-state index in [1.165, 1.54) is 0 Å². The summed E-state index contributed by atoms with van der Waals surface area (Å²) in [6.45, 7) is 2.78. The van der Waals surface area contributed by atoms with Gasteiger partial charge in [0, 0.05) is 19.6 Å². The molecule has 1 aromatic rings. The van der Waals surface area contributed by atoms with E-state index >= 15 is 0 Å². The number of likely N-dealkylation sites (tertiary alicyclic amines) is 1. The predicted molar refractivity (Wildman–Crippen MR) is 70.1 cm³/mol. The molecule has 1 aliphatic heterocycles. The van der Waals surface area contributed by atoms with Crippen LogP contribution in [0.25, 0.3) is 0 Å². The third-order valence-corrected chi connectivity index (χ3v) is 4.42. The lowest BCUT2D eigenvalue weighted by Gasteiger charge is -2.21. The number of hydrogen-bond acceptors (Lipinski definition) is 3. The minimum atomic E-state index is -0.394. The molecule has 2 aliphatic rings. The van der Waals surface area contributed by atoms with Crippen LogP contribution in [0.1, 0.15) is 24.5 Å². The van der Waals surface area contributed by atoms with Gasteiger partial charge in [-0.1, -0.05) is 30.3 Å². The average Bonchev–Trinajstić information content (AvgIpc) is 2.86. The van der Waals surface area contributed by atoms with Crippen LogP contribution < -0.4 is 0 Å². The molecule has 0 bridgehead atoms. The van der Waals surface area contributed by atoms with Gasteiger partial charge in [0.2, 0.25) is 0 Å². The molecule has 3 heteroatoms. The molecule has 0 amide bonds. The highest BCUT2D eigenvalue weighted by Gasteiger charge is 2.40. The van der Waals surface area contributed by atoms with Crippen molar-refractivity contribution >= 4 is 0 Å². The number of aliphatic hydroxyl groups is 2. The van der Waals surface area contributed by atoms with Crippen molar-refractivity contribution in [2.24, 2.45) is 11.8 Å². The molecule has 1 saturated heterocycles. The molecule has 1 aromatic carbocycles. The molecule has 18 heavy (non-hydrogen) atoms. The second-order valence-electron chi connectivity index (χ2n) is 5.79. The second kappa shape index (κ2) is 5.00. The first-order valence-electron chi connectivity index (χ1n) is 6.86. The highest BCUT2D eigenvalue weighted by Crippen LogP contribution is 2.38. The molecule has 1 heterocycles. The number of fused-ring (bicyclic) bond motifs is 1. The normalized spacial score (nSPS) is 33.6. The SMILES string of the molecule is OC1C[C@@H]2CN(CC(O)c3ccccc3)C[C@@H]2C1. The molecule has 4 atom stereocenters. The van der Waals surface area contributed by atoms with Crippen LogP contribution in [0.3, 0.4) is 0 Å². The van der Waals surface area contributed by atoms with Crippen LogP contribution in [0.5, 0.6) is 0 Å². The van der Waals surface area contributed by atoms with Crippen LogP contribution in [0, 0.1) is 11.8 Å². The molecule has 3 rings (SSSR count). The van der Waals surface area contributed by atoms with Gasteiger partial charge in [-0.15, -0.1) is 0 Å². The van der Waals surface area contributed by atoms with Gasteiger partial charge < -0.3 is 10.2 Å². The molecule has 0 spiro atoms. The Bertz CT molecular complexity index is 381. The summed E-state index contributed by atoms with van der Waals surface area (Å²) in [4.78, 5) is 2.35. The van der Waals surface area contributed by atoms with Crippen molar-refractivity contribution < 1.29 is 10.2 Å². The summed E-state index contributed by atoms with van der Waals surface area (Å²) < 4.78 is 0. The maximum atomic E-state index is 10.2. The van der Waals surface area contributed by atoms with Gasteiger partial charge in [0.1, 0.15) is 0 Å². The summed E-state index contributed by atoms with van der Waals surface area (Å²) in [5, 5.41) is 19.8. The lowest BCUT2D eigenvalue weighted by Crippen LogP contribution is -2.28. The van der Waals surface area contributed by atoms with Gasteiger partial charge in [-0.25, -0.2) is 0 Å². The van der Waals surface area contributed by atoms with E-state index in [9.17, 15) is 10.2 Å². The zero-order valence-corrected chi connectivity index (χ0v) is 10.6. The van der Waals surface area contributed by atoms with Gasteiger partial charge in [0.25, 0.3) is 0 Å². The van der Waals surface area contributed by atoms with E-state index in [1.54, 1.807) is 0 Å². The van der Waals surface area contributed by atoms with Crippen molar-refractivity contribution in [2.75, 3.05) is 19.6 Å². The fourth-order valence-corrected chi connectivity index (χ4v) is 3.54. The Labute approximate surface area is 108 Å². The first-order chi connectivity index (χ1) is 8.72. The predicted octanol–water partition coefficient (Wildman–Crippen LogP) is 1.42. The van der Waals surface area contributed by atoms with Gasteiger partial charge in [-0.3, -0.25) is 4.90 Å². The summed E-state index contributed by atoms with van der Waals surface area (Å²) in [6.07, 6.45) is 1.42. The van der Waals surface area contributed by atoms with Crippen molar-refractivity contribution in [1.29, 1.82) is 0 Å². The van der Waals surface area contributed by atoms with Gasteiger partial charge in [-0.05, 0) is 30.2 Å². The standard InChI is InChI=1S/C15H21NO2/c17-14-6-12-8-16(9-13(12)7-14)10-15(18)11-4-2-1-3-5-11/h1-5,12-15,17-18H,6-10H2/t12-,13+,14?,15?. The summed E-state index contributed by atoms with van der Waals surface area (Å²) in [7, 11) is 0. The van der Waals surface area contributed by atoms with E-state index in [1.807, 2.05) is 30.3 Å². The number of nitrogens with zero attached hydrogens (tertiary/aromatic N) is 1. The molecule has 2 N–H and O–H groups in total. The smallest absolute Gasteiger partial charge is 0.0916 e. The highest BCUT2D eigenvalue weighted by atomic mass is 16.3. The van der Waals surface area contributed by atoms with Gasteiger partial charge in [0.05, 0.1) is 12.2 Å². The topological polar surface area (TPSA) is 43.7 Å².